The van der Waals surface area contributed by atoms with Crippen molar-refractivity contribution in [2.75, 3.05) is 44.0 Å². The number of carbonyl (C=O) groups excluding carboxylic acids is 1. The molecule has 1 aromatic rings. The molecule has 0 aliphatic carbocycles. The minimum atomic E-state index is -3.43. The molecule has 1 amide bonds. The van der Waals surface area contributed by atoms with Crippen molar-refractivity contribution in [1.29, 1.82) is 0 Å². The number of piperidine rings is 2. The number of hydrogen-bond donors (Lipinski definition) is 1. The maximum atomic E-state index is 14.0. The van der Waals surface area contributed by atoms with Gasteiger partial charge in [-0.25, -0.2) is 22.3 Å². The molecule has 0 spiro atoms. The van der Waals surface area contributed by atoms with Crippen molar-refractivity contribution in [2.45, 2.75) is 50.8 Å². The second kappa shape index (κ2) is 10.6. The van der Waals surface area contributed by atoms with Crippen LogP contribution in [0.15, 0.2) is 24.3 Å². The molecular weight excluding hydrogens is 425 g/mol. The number of ether oxygens (including phenoxy) is 2. The van der Waals surface area contributed by atoms with Crippen LogP contribution in [0.1, 0.15) is 32.6 Å². The number of rotatable bonds is 7. The number of sulfonamides is 1. The number of likely N-dealkylation sites (tertiary alicyclic amines) is 1. The molecule has 174 valence electrons. The molecule has 2 atom stereocenters. The van der Waals surface area contributed by atoms with Gasteiger partial charge in [0.05, 0.1) is 37.3 Å². The van der Waals surface area contributed by atoms with Gasteiger partial charge in [0.15, 0.2) is 0 Å². The molecule has 0 aromatic heterocycles. The average molecular weight is 458 g/mol. The Labute approximate surface area is 183 Å². The highest BCUT2D eigenvalue weighted by Gasteiger charge is 2.37. The molecule has 0 saturated carbocycles. The Balaban J connectivity index is 1.61. The number of halogens is 1. The molecule has 0 radical (unpaired) electrons. The van der Waals surface area contributed by atoms with Crippen molar-refractivity contribution in [1.82, 2.24) is 9.62 Å². The largest absolute Gasteiger partial charge is 0.450 e. The minimum Gasteiger partial charge on any atom is -0.450 e. The van der Waals surface area contributed by atoms with Crippen LogP contribution in [0.2, 0.25) is 0 Å². The molecule has 1 aromatic carbocycles. The number of amides is 1. The fourth-order valence-electron chi connectivity index (χ4n) is 4.31. The highest BCUT2D eigenvalue weighted by atomic mass is 32.2. The fraction of sp³-hybridized carbons (Fsp3) is 0.667. The molecule has 2 heterocycles. The second-order valence-electron chi connectivity index (χ2n) is 8.07. The molecule has 31 heavy (non-hydrogen) atoms. The summed E-state index contributed by atoms with van der Waals surface area (Å²) in [4.78, 5) is 16.0. The number of benzene rings is 1. The second-order valence-corrected chi connectivity index (χ2v) is 9.85. The maximum absolute atomic E-state index is 14.0. The van der Waals surface area contributed by atoms with E-state index in [1.807, 2.05) is 11.0 Å². The van der Waals surface area contributed by atoms with Crippen LogP contribution < -0.4 is 9.62 Å². The Morgan fingerprint density at radius 3 is 2.55 bits per heavy atom. The van der Waals surface area contributed by atoms with Crippen molar-refractivity contribution >= 4 is 21.8 Å². The fourth-order valence-corrected chi connectivity index (χ4v) is 5.14. The number of nitrogens with zero attached hydrogens (tertiary/aromatic N) is 2. The summed E-state index contributed by atoms with van der Waals surface area (Å²) in [5, 5.41) is 0. The van der Waals surface area contributed by atoms with Gasteiger partial charge in [0.25, 0.3) is 0 Å². The Morgan fingerprint density at radius 1 is 1.19 bits per heavy atom. The standard InChI is InChI=1S/C21H32FN3O5S/c1-3-29-21(26)25-12-6-8-18(23-31(2,27)28)20(25)15-30-16-10-13-24(14-11-16)19-9-5-4-7-17(19)22/h4-5,7,9,16,18,20,23H,3,6,8,10-15H2,1-2H3/t18-,20-/m0/s1. The molecule has 3 rings (SSSR count). The summed E-state index contributed by atoms with van der Waals surface area (Å²) in [5.74, 6) is -0.233. The van der Waals surface area contributed by atoms with Gasteiger partial charge in [-0.15, -0.1) is 0 Å². The van der Waals surface area contributed by atoms with Gasteiger partial charge in [-0.3, -0.25) is 0 Å². The van der Waals surface area contributed by atoms with Crippen LogP contribution in [0, 0.1) is 5.82 Å². The molecule has 2 aliphatic rings. The van der Waals surface area contributed by atoms with Gasteiger partial charge in [-0.1, -0.05) is 12.1 Å². The van der Waals surface area contributed by atoms with E-state index in [1.165, 1.54) is 6.07 Å². The summed E-state index contributed by atoms with van der Waals surface area (Å²) in [5.41, 5.74) is 0.596. The first-order chi connectivity index (χ1) is 14.8. The lowest BCUT2D eigenvalue weighted by Crippen LogP contribution is -2.59. The number of anilines is 1. The van der Waals surface area contributed by atoms with Crippen molar-refractivity contribution in [3.8, 4) is 0 Å². The van der Waals surface area contributed by atoms with E-state index in [-0.39, 0.29) is 25.1 Å². The summed E-state index contributed by atoms with van der Waals surface area (Å²) in [6.45, 7) is 4.05. The smallest absolute Gasteiger partial charge is 0.410 e. The number of nitrogens with one attached hydrogen (secondary N) is 1. The molecule has 2 fully saturated rings. The van der Waals surface area contributed by atoms with Crippen LogP contribution >= 0.6 is 0 Å². The lowest BCUT2D eigenvalue weighted by atomic mass is 9.97. The van der Waals surface area contributed by atoms with E-state index in [9.17, 15) is 17.6 Å². The third kappa shape index (κ3) is 6.54. The average Bonchev–Trinajstić information content (AvgIpc) is 2.72. The Bertz CT molecular complexity index is 845. The van der Waals surface area contributed by atoms with E-state index >= 15 is 0 Å². The molecule has 10 heteroatoms. The molecule has 0 bridgehead atoms. The SMILES string of the molecule is CCOC(=O)N1CCC[C@H](NS(C)(=O)=O)[C@@H]1COC1CCN(c2ccccc2F)CC1. The molecule has 2 aliphatic heterocycles. The zero-order chi connectivity index (χ0) is 22.4. The zero-order valence-electron chi connectivity index (χ0n) is 18.1. The number of para-hydroxylation sites is 1. The molecule has 8 nitrogen and oxygen atoms in total. The van der Waals surface area contributed by atoms with E-state index in [0.717, 1.165) is 19.1 Å². The zero-order valence-corrected chi connectivity index (χ0v) is 18.9. The summed E-state index contributed by atoms with van der Waals surface area (Å²) in [6, 6.07) is 5.87. The quantitative estimate of drug-likeness (QED) is 0.676. The van der Waals surface area contributed by atoms with Gasteiger partial charge >= 0.3 is 6.09 Å². The van der Waals surface area contributed by atoms with E-state index in [0.29, 0.717) is 38.2 Å². The van der Waals surface area contributed by atoms with Crippen LogP contribution in [0.25, 0.3) is 0 Å². The van der Waals surface area contributed by atoms with Gasteiger partial charge in [-0.2, -0.15) is 0 Å². The molecular formula is C21H32FN3O5S. The molecule has 1 N–H and O–H groups in total. The highest BCUT2D eigenvalue weighted by Crippen LogP contribution is 2.25. The predicted molar refractivity (Wildman–Crippen MR) is 116 cm³/mol. The topological polar surface area (TPSA) is 88.2 Å². The van der Waals surface area contributed by atoms with Gasteiger partial charge in [0, 0.05) is 25.7 Å². The first-order valence-corrected chi connectivity index (χ1v) is 12.7. The maximum Gasteiger partial charge on any atom is 0.410 e. The summed E-state index contributed by atoms with van der Waals surface area (Å²) < 4.78 is 51.7. The van der Waals surface area contributed by atoms with Crippen molar-refractivity contribution in [3.05, 3.63) is 30.1 Å². The Morgan fingerprint density at radius 2 is 1.90 bits per heavy atom. The van der Waals surface area contributed by atoms with Crippen LogP contribution in [-0.4, -0.2) is 76.7 Å². The summed E-state index contributed by atoms with van der Waals surface area (Å²) in [6.07, 6.45) is 3.40. The number of carbonyl (C=O) groups is 1. The predicted octanol–water partition coefficient (Wildman–Crippen LogP) is 2.35. The summed E-state index contributed by atoms with van der Waals surface area (Å²) in [7, 11) is -3.43. The first-order valence-electron chi connectivity index (χ1n) is 10.8. The van der Waals surface area contributed by atoms with Crippen molar-refractivity contribution in [2.24, 2.45) is 0 Å². The van der Waals surface area contributed by atoms with Gasteiger partial charge < -0.3 is 19.3 Å². The van der Waals surface area contributed by atoms with Crippen LogP contribution in [0.4, 0.5) is 14.9 Å². The lowest BCUT2D eigenvalue weighted by molar-refractivity contribution is -0.0199. The third-order valence-electron chi connectivity index (χ3n) is 5.78. The van der Waals surface area contributed by atoms with Crippen LogP contribution in [-0.2, 0) is 19.5 Å². The molecule has 0 unspecified atom stereocenters. The molecule has 2 saturated heterocycles. The normalized spacial score (nSPS) is 23.1. The van der Waals surface area contributed by atoms with Crippen molar-refractivity contribution in [3.63, 3.8) is 0 Å². The van der Waals surface area contributed by atoms with Crippen LogP contribution in [0.3, 0.4) is 0 Å². The van der Waals surface area contributed by atoms with E-state index < -0.39 is 28.2 Å². The van der Waals surface area contributed by atoms with Crippen molar-refractivity contribution < 1.29 is 27.1 Å². The van der Waals surface area contributed by atoms with Crippen LogP contribution in [0.5, 0.6) is 0 Å². The monoisotopic (exact) mass is 457 g/mol. The Kier molecular flexibility index (Phi) is 8.12. The summed E-state index contributed by atoms with van der Waals surface area (Å²) >= 11 is 0. The van der Waals surface area contributed by atoms with E-state index in [1.54, 1.807) is 24.0 Å². The first kappa shape index (κ1) is 23.7. The number of hydrogen-bond acceptors (Lipinski definition) is 6. The third-order valence-corrected chi connectivity index (χ3v) is 6.52. The van der Waals surface area contributed by atoms with Gasteiger partial charge in [0.2, 0.25) is 10.0 Å². The highest BCUT2D eigenvalue weighted by molar-refractivity contribution is 7.88. The lowest BCUT2D eigenvalue weighted by Gasteiger charge is -2.41. The van der Waals surface area contributed by atoms with E-state index in [2.05, 4.69) is 4.72 Å². The van der Waals surface area contributed by atoms with Gasteiger partial charge in [0.1, 0.15) is 5.82 Å². The Hall–Kier alpha value is -1.91. The minimum absolute atomic E-state index is 0.0344. The van der Waals surface area contributed by atoms with E-state index in [4.69, 9.17) is 9.47 Å². The van der Waals surface area contributed by atoms with Gasteiger partial charge in [-0.05, 0) is 44.7 Å².